The number of hydrogen-bond donors (Lipinski definition) is 1. The smallest absolute Gasteiger partial charge is 0.302 e. The first kappa shape index (κ1) is 18.7. The lowest BCUT2D eigenvalue weighted by molar-refractivity contribution is -0.152. The van der Waals surface area contributed by atoms with Crippen LogP contribution >= 0.6 is 0 Å². The van der Waals surface area contributed by atoms with Gasteiger partial charge in [-0.1, -0.05) is 39.3 Å². The predicted octanol–water partition coefficient (Wildman–Crippen LogP) is 4.66. The Morgan fingerprint density at radius 1 is 1.36 bits per heavy atom. The monoisotopic (exact) mass is 346 g/mol. The highest BCUT2D eigenvalue weighted by atomic mass is 16.5. The molecule has 0 radical (unpaired) electrons. The number of aliphatic hydroxyl groups is 1. The molecule has 0 bridgehead atoms. The second-order valence-corrected chi connectivity index (χ2v) is 9.49. The first-order chi connectivity index (χ1) is 11.7. The molecule has 0 spiro atoms. The maximum absolute atomic E-state index is 11.4. The third-order valence-electron chi connectivity index (χ3n) is 7.87. The Balaban J connectivity index is 1.93. The molecular formula is C22H34O3. The molecular weight excluding hydrogens is 312 g/mol. The van der Waals surface area contributed by atoms with E-state index in [0.717, 1.165) is 25.7 Å². The fraction of sp³-hybridized carbons (Fsp3) is 0.773. The molecule has 0 saturated heterocycles. The van der Waals surface area contributed by atoms with E-state index in [1.807, 2.05) is 6.08 Å². The topological polar surface area (TPSA) is 46.5 Å². The van der Waals surface area contributed by atoms with Crippen molar-refractivity contribution >= 4 is 5.97 Å². The molecule has 1 N–H and O–H groups in total. The zero-order valence-corrected chi connectivity index (χ0v) is 16.3. The van der Waals surface area contributed by atoms with Crippen molar-refractivity contribution < 1.29 is 14.6 Å². The van der Waals surface area contributed by atoms with E-state index in [-0.39, 0.29) is 22.2 Å². The number of hydrogen-bond acceptors (Lipinski definition) is 3. The van der Waals surface area contributed by atoms with Crippen molar-refractivity contribution in [3.8, 4) is 0 Å². The van der Waals surface area contributed by atoms with E-state index >= 15 is 0 Å². The van der Waals surface area contributed by atoms with Crippen LogP contribution in [0.2, 0.25) is 0 Å². The summed E-state index contributed by atoms with van der Waals surface area (Å²) < 4.78 is 5.46. The van der Waals surface area contributed by atoms with Crippen molar-refractivity contribution in [2.75, 3.05) is 6.61 Å². The second-order valence-electron chi connectivity index (χ2n) is 9.49. The quantitative estimate of drug-likeness (QED) is 0.597. The van der Waals surface area contributed by atoms with Gasteiger partial charge in [0.15, 0.2) is 0 Å². The van der Waals surface area contributed by atoms with Gasteiger partial charge >= 0.3 is 5.97 Å². The summed E-state index contributed by atoms with van der Waals surface area (Å²) in [6.07, 6.45) is 10.4. The van der Waals surface area contributed by atoms with Gasteiger partial charge in [0.1, 0.15) is 0 Å². The van der Waals surface area contributed by atoms with Gasteiger partial charge in [0.2, 0.25) is 0 Å². The predicted molar refractivity (Wildman–Crippen MR) is 99.9 cm³/mol. The largest absolute Gasteiger partial charge is 0.465 e. The van der Waals surface area contributed by atoms with E-state index in [1.54, 1.807) is 0 Å². The Morgan fingerprint density at radius 2 is 2.08 bits per heavy atom. The molecule has 3 rings (SSSR count). The summed E-state index contributed by atoms with van der Waals surface area (Å²) in [5, 5.41) is 11.0. The van der Waals surface area contributed by atoms with Gasteiger partial charge in [-0.05, 0) is 54.9 Å². The average Bonchev–Trinajstić information content (AvgIpc) is 2.56. The molecule has 0 aromatic heterocycles. The lowest BCUT2D eigenvalue weighted by Crippen LogP contribution is -2.55. The molecule has 2 fully saturated rings. The van der Waals surface area contributed by atoms with Crippen LogP contribution in [0.1, 0.15) is 66.2 Å². The van der Waals surface area contributed by atoms with Gasteiger partial charge in [-0.2, -0.15) is 0 Å². The number of fused-ring (bicyclic) bond motifs is 3. The minimum Gasteiger partial charge on any atom is -0.465 e. The van der Waals surface area contributed by atoms with E-state index in [1.165, 1.54) is 25.3 Å². The number of esters is 1. The molecule has 0 heterocycles. The molecule has 140 valence electrons. The molecule has 0 aromatic rings. The van der Waals surface area contributed by atoms with Crippen LogP contribution in [-0.4, -0.2) is 23.8 Å². The van der Waals surface area contributed by atoms with Gasteiger partial charge < -0.3 is 9.84 Å². The minimum absolute atomic E-state index is 0.0326. The van der Waals surface area contributed by atoms with Gasteiger partial charge in [0, 0.05) is 17.8 Å². The Hall–Kier alpha value is -1.09. The fourth-order valence-electron chi connectivity index (χ4n) is 6.19. The highest BCUT2D eigenvalue weighted by Gasteiger charge is 2.57. The molecule has 6 atom stereocenters. The molecule has 3 nitrogen and oxygen atoms in total. The number of rotatable bonds is 3. The summed E-state index contributed by atoms with van der Waals surface area (Å²) in [6, 6.07) is 0. The molecule has 0 aromatic carbocycles. The Morgan fingerprint density at radius 3 is 2.72 bits per heavy atom. The summed E-state index contributed by atoms with van der Waals surface area (Å²) in [5.41, 5.74) is 1.25. The molecule has 0 amide bonds. The maximum atomic E-state index is 11.4. The number of aliphatic hydroxyl groups excluding tert-OH is 1. The molecule has 3 heteroatoms. The summed E-state index contributed by atoms with van der Waals surface area (Å²) in [4.78, 5) is 11.4. The Bertz CT molecular complexity index is 594. The highest BCUT2D eigenvalue weighted by molar-refractivity contribution is 5.65. The summed E-state index contributed by atoms with van der Waals surface area (Å²) in [6.45, 7) is 12.8. The van der Waals surface area contributed by atoms with Crippen molar-refractivity contribution in [3.05, 3.63) is 24.3 Å². The lowest BCUT2D eigenvalue weighted by atomic mass is 9.45. The van der Waals surface area contributed by atoms with Crippen LogP contribution in [0.15, 0.2) is 24.3 Å². The van der Waals surface area contributed by atoms with Crippen molar-refractivity contribution in [1.29, 1.82) is 0 Å². The van der Waals surface area contributed by atoms with E-state index < -0.39 is 6.10 Å². The molecule has 0 aliphatic heterocycles. The summed E-state index contributed by atoms with van der Waals surface area (Å²) in [5.74, 6) is 0.753. The highest BCUT2D eigenvalue weighted by Crippen LogP contribution is 2.63. The van der Waals surface area contributed by atoms with Crippen LogP contribution in [-0.2, 0) is 9.53 Å². The zero-order valence-electron chi connectivity index (χ0n) is 16.3. The van der Waals surface area contributed by atoms with Crippen LogP contribution in [0.5, 0.6) is 0 Å². The third kappa shape index (κ3) is 2.89. The molecule has 3 aliphatic rings. The van der Waals surface area contributed by atoms with Crippen LogP contribution in [0, 0.1) is 28.1 Å². The number of carbonyl (C=O) groups is 1. The Labute approximate surface area is 152 Å². The Kier molecular flexibility index (Phi) is 4.68. The molecule has 25 heavy (non-hydrogen) atoms. The van der Waals surface area contributed by atoms with Crippen molar-refractivity contribution in [2.24, 2.45) is 28.1 Å². The third-order valence-corrected chi connectivity index (χ3v) is 7.87. The van der Waals surface area contributed by atoms with E-state index in [4.69, 9.17) is 4.74 Å². The van der Waals surface area contributed by atoms with E-state index in [0.29, 0.717) is 18.4 Å². The maximum Gasteiger partial charge on any atom is 0.302 e. The SMILES string of the molecule is C=C[C@]1(C)CC[C@@H]2C(=CC[C@@H]3[C@@](C)(COC(C)=O)CCC[C@@]23C)[C@H]1O. The second kappa shape index (κ2) is 6.26. The zero-order chi connectivity index (χ0) is 18.5. The molecule has 2 saturated carbocycles. The van der Waals surface area contributed by atoms with Gasteiger partial charge in [-0.15, -0.1) is 6.58 Å². The lowest BCUT2D eigenvalue weighted by Gasteiger charge is -2.60. The molecule has 3 aliphatic carbocycles. The van der Waals surface area contributed by atoms with Crippen molar-refractivity contribution in [3.63, 3.8) is 0 Å². The number of allylic oxidation sites excluding steroid dienone is 1. The van der Waals surface area contributed by atoms with Crippen LogP contribution < -0.4 is 0 Å². The average molecular weight is 347 g/mol. The summed E-state index contributed by atoms with van der Waals surface area (Å²) in [7, 11) is 0. The van der Waals surface area contributed by atoms with Crippen LogP contribution in [0.4, 0.5) is 0 Å². The number of ether oxygens (including phenoxy) is 1. The van der Waals surface area contributed by atoms with E-state index in [9.17, 15) is 9.90 Å². The first-order valence-corrected chi connectivity index (χ1v) is 9.81. The minimum atomic E-state index is -0.414. The van der Waals surface area contributed by atoms with Crippen molar-refractivity contribution in [2.45, 2.75) is 72.3 Å². The van der Waals surface area contributed by atoms with Gasteiger partial charge in [-0.3, -0.25) is 4.79 Å². The van der Waals surface area contributed by atoms with Crippen molar-refractivity contribution in [1.82, 2.24) is 0 Å². The fourth-order valence-corrected chi connectivity index (χ4v) is 6.19. The van der Waals surface area contributed by atoms with Gasteiger partial charge in [-0.25, -0.2) is 0 Å². The van der Waals surface area contributed by atoms with Gasteiger partial charge in [0.05, 0.1) is 12.7 Å². The number of carbonyl (C=O) groups excluding carboxylic acids is 1. The summed E-state index contributed by atoms with van der Waals surface area (Å²) >= 11 is 0. The first-order valence-electron chi connectivity index (χ1n) is 9.81. The normalized spacial score (nSPS) is 46.4. The van der Waals surface area contributed by atoms with Crippen LogP contribution in [0.3, 0.4) is 0 Å². The van der Waals surface area contributed by atoms with E-state index in [2.05, 4.69) is 33.4 Å². The standard InChI is InChI=1S/C22H34O3/c1-6-20(3)13-10-17-16(19(20)24)8-9-18-21(4,14-25-15(2)23)11-7-12-22(17,18)5/h6,8,17-19,24H,1,7,9-14H2,2-5H3/t17-,18-,19-,20-,21-,22+/m1/s1. The van der Waals surface area contributed by atoms with Gasteiger partial charge in [0.25, 0.3) is 0 Å². The molecule has 0 unspecified atom stereocenters. The van der Waals surface area contributed by atoms with Crippen LogP contribution in [0.25, 0.3) is 0 Å².